The fourth-order valence-corrected chi connectivity index (χ4v) is 1.91. The van der Waals surface area contributed by atoms with Gasteiger partial charge in [-0.15, -0.1) is 0 Å². The number of hydrazone groups is 1. The summed E-state index contributed by atoms with van der Waals surface area (Å²) in [4.78, 5) is 12.7. The molecule has 2 rings (SSSR count). The first-order valence-electron chi connectivity index (χ1n) is 6.75. The van der Waals surface area contributed by atoms with E-state index in [1.54, 1.807) is 17.3 Å². The molecule has 0 radical (unpaired) electrons. The van der Waals surface area contributed by atoms with Gasteiger partial charge >= 0.3 is 0 Å². The lowest BCUT2D eigenvalue weighted by Gasteiger charge is -2.07. The van der Waals surface area contributed by atoms with Crippen LogP contribution < -0.4 is 0 Å². The highest BCUT2D eigenvalue weighted by Gasteiger charge is 2.13. The summed E-state index contributed by atoms with van der Waals surface area (Å²) in [6.45, 7) is 0. The number of Topliss-reactive ketones (excluding diaryl/α,β-unsaturated/α-hetero) is 1. The van der Waals surface area contributed by atoms with Crippen molar-refractivity contribution in [1.82, 2.24) is 5.01 Å². The molecule has 0 N–H and O–H groups in total. The second-order valence-corrected chi connectivity index (χ2v) is 4.75. The zero-order valence-corrected chi connectivity index (χ0v) is 12.2. The van der Waals surface area contributed by atoms with Crippen LogP contribution in [-0.4, -0.2) is 31.1 Å². The third-order valence-electron chi connectivity index (χ3n) is 2.90. The average Bonchev–Trinajstić information content (AvgIpc) is 2.52. The number of nitrogens with zero attached hydrogens (tertiary/aromatic N) is 2. The topological polar surface area (TPSA) is 32.7 Å². The Morgan fingerprint density at radius 3 is 1.95 bits per heavy atom. The minimum Gasteiger partial charge on any atom is -0.303 e. The molecule has 0 fully saturated rings. The van der Waals surface area contributed by atoms with Crippen LogP contribution in [-0.2, 0) is 0 Å². The van der Waals surface area contributed by atoms with Gasteiger partial charge in [0, 0.05) is 31.4 Å². The lowest BCUT2D eigenvalue weighted by atomic mass is 9.96. The van der Waals surface area contributed by atoms with Crippen LogP contribution in [0.5, 0.6) is 0 Å². The highest BCUT2D eigenvalue weighted by atomic mass is 16.1. The van der Waals surface area contributed by atoms with E-state index in [2.05, 4.69) is 5.10 Å². The molecule has 0 saturated carbocycles. The lowest BCUT2D eigenvalue weighted by Crippen LogP contribution is -2.04. The fourth-order valence-electron chi connectivity index (χ4n) is 1.91. The van der Waals surface area contributed by atoms with E-state index in [1.807, 2.05) is 74.8 Å². The number of carbonyl (C=O) groups excluding carboxylic acids is 1. The van der Waals surface area contributed by atoms with E-state index in [1.165, 1.54) is 0 Å². The second kappa shape index (κ2) is 7.20. The van der Waals surface area contributed by atoms with Crippen molar-refractivity contribution >= 4 is 17.6 Å². The van der Waals surface area contributed by atoms with Crippen molar-refractivity contribution in [3.63, 3.8) is 0 Å². The Hall–Kier alpha value is -2.68. The van der Waals surface area contributed by atoms with Crippen molar-refractivity contribution < 1.29 is 4.79 Å². The summed E-state index contributed by atoms with van der Waals surface area (Å²) in [5.41, 5.74) is 2.19. The highest BCUT2D eigenvalue weighted by Crippen LogP contribution is 2.19. The van der Waals surface area contributed by atoms with Crippen molar-refractivity contribution in [1.29, 1.82) is 0 Å². The van der Waals surface area contributed by atoms with Gasteiger partial charge in [-0.2, -0.15) is 5.10 Å². The van der Waals surface area contributed by atoms with Crippen LogP contribution in [0.1, 0.15) is 15.9 Å². The summed E-state index contributed by atoms with van der Waals surface area (Å²) >= 11 is 0. The molecule has 3 nitrogen and oxygen atoms in total. The van der Waals surface area contributed by atoms with E-state index >= 15 is 0 Å². The van der Waals surface area contributed by atoms with Crippen molar-refractivity contribution in [2.24, 2.45) is 5.10 Å². The Morgan fingerprint density at radius 1 is 0.905 bits per heavy atom. The molecule has 0 aromatic heterocycles. The summed E-state index contributed by atoms with van der Waals surface area (Å²) in [6.07, 6.45) is 3.40. The standard InChI is InChI=1S/C18H18N2O/c1-20(2)19-14-13-17(15-9-5-3-6-10-15)18(21)16-11-7-4-8-12-16/h3-14H,1-2H3/b17-13+,19-14-. The summed E-state index contributed by atoms with van der Waals surface area (Å²) in [6, 6.07) is 18.9. The maximum atomic E-state index is 12.7. The van der Waals surface area contributed by atoms with Crippen LogP contribution in [0.2, 0.25) is 0 Å². The number of carbonyl (C=O) groups is 1. The minimum atomic E-state index is -0.00740. The summed E-state index contributed by atoms with van der Waals surface area (Å²) in [5, 5.41) is 5.83. The van der Waals surface area contributed by atoms with Crippen molar-refractivity contribution in [3.8, 4) is 0 Å². The fraction of sp³-hybridized carbons (Fsp3) is 0.111. The summed E-state index contributed by atoms with van der Waals surface area (Å²) in [5.74, 6) is -0.00740. The van der Waals surface area contributed by atoms with Crippen LogP contribution in [0.4, 0.5) is 0 Å². The third kappa shape index (κ3) is 4.14. The molecule has 2 aromatic carbocycles. The van der Waals surface area contributed by atoms with Gasteiger partial charge < -0.3 is 5.01 Å². The van der Waals surface area contributed by atoms with Crippen LogP contribution >= 0.6 is 0 Å². The number of rotatable bonds is 5. The Balaban J connectivity index is 2.39. The van der Waals surface area contributed by atoms with Crippen molar-refractivity contribution in [2.75, 3.05) is 14.1 Å². The van der Waals surface area contributed by atoms with Gasteiger partial charge in [0.1, 0.15) is 0 Å². The Kier molecular flexibility index (Phi) is 5.04. The highest BCUT2D eigenvalue weighted by molar-refractivity contribution is 6.30. The summed E-state index contributed by atoms with van der Waals surface area (Å²) in [7, 11) is 3.68. The molecule has 3 heteroatoms. The first-order chi connectivity index (χ1) is 10.2. The van der Waals surface area contributed by atoms with Gasteiger partial charge in [0.2, 0.25) is 0 Å². The maximum absolute atomic E-state index is 12.7. The average molecular weight is 278 g/mol. The molecule has 0 aliphatic carbocycles. The van der Waals surface area contributed by atoms with Crippen LogP contribution in [0, 0.1) is 0 Å². The Bertz CT molecular complexity index is 643. The molecule has 0 amide bonds. The van der Waals surface area contributed by atoms with Gasteiger partial charge in [0.15, 0.2) is 5.78 Å². The molecule has 0 bridgehead atoms. The molecule has 0 aliphatic rings. The van der Waals surface area contributed by atoms with E-state index in [0.29, 0.717) is 11.1 Å². The number of ketones is 1. The Labute approximate surface area is 125 Å². The van der Waals surface area contributed by atoms with Crippen molar-refractivity contribution in [2.45, 2.75) is 0 Å². The van der Waals surface area contributed by atoms with Crippen LogP contribution in [0.25, 0.3) is 5.57 Å². The van der Waals surface area contributed by atoms with Gasteiger partial charge in [0.25, 0.3) is 0 Å². The maximum Gasteiger partial charge on any atom is 0.193 e. The van der Waals surface area contributed by atoms with Gasteiger partial charge in [-0.1, -0.05) is 60.7 Å². The molecule has 0 saturated heterocycles. The zero-order valence-electron chi connectivity index (χ0n) is 12.2. The largest absolute Gasteiger partial charge is 0.303 e. The molecule has 0 atom stereocenters. The quantitative estimate of drug-likeness (QED) is 0.363. The van der Waals surface area contributed by atoms with Gasteiger partial charge in [0.05, 0.1) is 0 Å². The minimum absolute atomic E-state index is 0.00740. The normalized spacial score (nSPS) is 11.6. The van der Waals surface area contributed by atoms with Crippen LogP contribution in [0.15, 0.2) is 71.8 Å². The summed E-state index contributed by atoms with van der Waals surface area (Å²) < 4.78 is 0. The monoisotopic (exact) mass is 278 g/mol. The second-order valence-electron chi connectivity index (χ2n) is 4.75. The molecule has 0 aliphatic heterocycles. The SMILES string of the molecule is CN(C)/N=C\C=C(\C(=O)c1ccccc1)c1ccccc1. The van der Waals surface area contributed by atoms with Crippen molar-refractivity contribution in [3.05, 3.63) is 77.9 Å². The predicted octanol–water partition coefficient (Wildman–Crippen LogP) is 3.50. The first kappa shape index (κ1) is 14.7. The van der Waals surface area contributed by atoms with Gasteiger partial charge in [-0.05, 0) is 11.6 Å². The third-order valence-corrected chi connectivity index (χ3v) is 2.90. The lowest BCUT2D eigenvalue weighted by molar-refractivity contribution is 0.105. The van der Waals surface area contributed by atoms with E-state index in [-0.39, 0.29) is 5.78 Å². The first-order valence-corrected chi connectivity index (χ1v) is 6.75. The molecule has 0 heterocycles. The predicted molar refractivity (Wildman–Crippen MR) is 87.4 cm³/mol. The molecule has 21 heavy (non-hydrogen) atoms. The molecule has 0 unspecified atom stereocenters. The molecule has 0 spiro atoms. The van der Waals surface area contributed by atoms with Crippen LogP contribution in [0.3, 0.4) is 0 Å². The zero-order chi connectivity index (χ0) is 15.1. The molecular weight excluding hydrogens is 260 g/mol. The van der Waals surface area contributed by atoms with Gasteiger partial charge in [-0.3, -0.25) is 4.79 Å². The van der Waals surface area contributed by atoms with E-state index in [4.69, 9.17) is 0 Å². The molecular formula is C18H18N2O. The van der Waals surface area contributed by atoms with E-state index in [0.717, 1.165) is 5.56 Å². The number of allylic oxidation sites excluding steroid dienone is 2. The number of hydrogen-bond donors (Lipinski definition) is 0. The molecule has 106 valence electrons. The van der Waals surface area contributed by atoms with E-state index in [9.17, 15) is 4.79 Å². The number of hydrogen-bond acceptors (Lipinski definition) is 3. The molecule has 2 aromatic rings. The van der Waals surface area contributed by atoms with Gasteiger partial charge in [-0.25, -0.2) is 0 Å². The van der Waals surface area contributed by atoms with E-state index < -0.39 is 0 Å². The number of benzene rings is 2. The smallest absolute Gasteiger partial charge is 0.193 e. The Morgan fingerprint density at radius 2 is 1.43 bits per heavy atom.